The summed E-state index contributed by atoms with van der Waals surface area (Å²) in [6.07, 6.45) is 7.27. The third-order valence-corrected chi connectivity index (χ3v) is 1.82. The van der Waals surface area contributed by atoms with E-state index < -0.39 is 0 Å². The molecule has 2 N–H and O–H groups in total. The summed E-state index contributed by atoms with van der Waals surface area (Å²) in [4.78, 5) is 6.47. The van der Waals surface area contributed by atoms with Gasteiger partial charge >= 0.3 is 0 Å². The zero-order valence-corrected chi connectivity index (χ0v) is 6.90. The van der Waals surface area contributed by atoms with E-state index in [1.54, 1.807) is 0 Å². The van der Waals surface area contributed by atoms with Gasteiger partial charge in [-0.15, -0.1) is 0 Å². The minimum atomic E-state index is 0.309. The molecule has 0 saturated heterocycles. The normalized spacial score (nSPS) is 23.0. The molecule has 1 heterocycles. The second-order valence-corrected chi connectivity index (χ2v) is 2.71. The summed E-state index contributed by atoms with van der Waals surface area (Å²) in [6.45, 7) is 1.61. The smallest absolute Gasteiger partial charge is 0.105 e. The predicted molar refractivity (Wildman–Crippen MR) is 47.7 cm³/mol. The average Bonchev–Trinajstić information content (AvgIpc) is 2.07. The number of dihydropyridines is 1. The van der Waals surface area contributed by atoms with Crippen molar-refractivity contribution < 1.29 is 0 Å². The van der Waals surface area contributed by atoms with Crippen molar-refractivity contribution in [3.63, 3.8) is 0 Å². The topological polar surface area (TPSA) is 41.6 Å². The van der Waals surface area contributed by atoms with Crippen LogP contribution in [-0.4, -0.2) is 37.4 Å². The molecule has 0 aromatic carbocycles. The first-order valence-electron chi connectivity index (χ1n) is 3.93. The summed E-state index contributed by atoms with van der Waals surface area (Å²) in [5.41, 5.74) is 5.42. The van der Waals surface area contributed by atoms with E-state index in [1.807, 2.05) is 19.3 Å². The van der Waals surface area contributed by atoms with Gasteiger partial charge in [-0.2, -0.15) is 0 Å². The summed E-state index contributed by atoms with van der Waals surface area (Å²) in [7, 11) is 2.05. The van der Waals surface area contributed by atoms with Gasteiger partial charge < -0.3 is 5.73 Å². The minimum Gasteiger partial charge on any atom is -0.329 e. The lowest BCUT2D eigenvalue weighted by Crippen LogP contribution is -2.34. The van der Waals surface area contributed by atoms with E-state index in [4.69, 9.17) is 5.73 Å². The molecule has 0 saturated carbocycles. The molecule has 1 atom stereocenters. The third kappa shape index (κ3) is 2.44. The number of rotatable bonds is 3. The molecule has 0 aromatic rings. The minimum absolute atomic E-state index is 0.309. The quantitative estimate of drug-likeness (QED) is 0.630. The van der Waals surface area contributed by atoms with Gasteiger partial charge in [0, 0.05) is 25.7 Å². The Morgan fingerprint density at radius 2 is 2.55 bits per heavy atom. The van der Waals surface area contributed by atoms with E-state index in [0.29, 0.717) is 12.7 Å². The molecule has 0 amide bonds. The van der Waals surface area contributed by atoms with Gasteiger partial charge in [-0.1, -0.05) is 6.08 Å². The monoisotopic (exact) mass is 153 g/mol. The van der Waals surface area contributed by atoms with Crippen molar-refractivity contribution in [2.24, 2.45) is 10.7 Å². The van der Waals surface area contributed by atoms with E-state index in [9.17, 15) is 0 Å². The molecule has 0 fully saturated rings. The maximum absolute atomic E-state index is 5.42. The molecule has 0 aromatic heterocycles. The number of likely N-dealkylation sites (N-methyl/N-ethyl adjacent to an activating group) is 1. The number of allylic oxidation sites excluding steroid dienone is 1. The second-order valence-electron chi connectivity index (χ2n) is 2.71. The van der Waals surface area contributed by atoms with Gasteiger partial charge in [0.25, 0.3) is 0 Å². The number of aliphatic imine (C=N–C) groups is 1. The van der Waals surface area contributed by atoms with E-state index >= 15 is 0 Å². The summed E-state index contributed by atoms with van der Waals surface area (Å²) < 4.78 is 0. The lowest BCUT2D eigenvalue weighted by atomic mass is 10.2. The molecule has 0 bridgehead atoms. The Morgan fingerprint density at radius 1 is 1.73 bits per heavy atom. The number of hydrogen-bond acceptors (Lipinski definition) is 3. The first-order valence-corrected chi connectivity index (χ1v) is 3.93. The van der Waals surface area contributed by atoms with Crippen LogP contribution in [0.2, 0.25) is 0 Å². The Bertz CT molecular complexity index is 163. The highest BCUT2D eigenvalue weighted by molar-refractivity contribution is 5.72. The van der Waals surface area contributed by atoms with Crippen LogP contribution in [0.4, 0.5) is 0 Å². The maximum atomic E-state index is 5.42. The highest BCUT2D eigenvalue weighted by Crippen LogP contribution is 2.06. The molecular weight excluding hydrogens is 138 g/mol. The zero-order valence-electron chi connectivity index (χ0n) is 6.90. The fourth-order valence-electron chi connectivity index (χ4n) is 1.12. The molecule has 0 spiro atoms. The molecular formula is C8H15N3. The van der Waals surface area contributed by atoms with Crippen LogP contribution in [0.15, 0.2) is 17.1 Å². The Morgan fingerprint density at radius 3 is 3.09 bits per heavy atom. The van der Waals surface area contributed by atoms with Gasteiger partial charge in [0.1, 0.15) is 6.17 Å². The first-order chi connectivity index (χ1) is 5.34. The van der Waals surface area contributed by atoms with Gasteiger partial charge in [0.2, 0.25) is 0 Å². The highest BCUT2D eigenvalue weighted by atomic mass is 15.2. The van der Waals surface area contributed by atoms with Gasteiger partial charge in [-0.25, -0.2) is 0 Å². The molecule has 1 aliphatic heterocycles. The summed E-state index contributed by atoms with van der Waals surface area (Å²) in [6, 6.07) is 0. The predicted octanol–water partition coefficient (Wildman–Crippen LogP) is 0.234. The molecule has 1 aliphatic rings. The molecule has 3 nitrogen and oxygen atoms in total. The van der Waals surface area contributed by atoms with E-state index in [-0.39, 0.29) is 0 Å². The molecule has 1 rings (SSSR count). The lowest BCUT2D eigenvalue weighted by molar-refractivity contribution is 0.256. The first kappa shape index (κ1) is 8.43. The SMILES string of the molecule is CN(CCN)C1CC=CC=N1. The van der Waals surface area contributed by atoms with E-state index in [1.165, 1.54) is 0 Å². The Labute approximate surface area is 67.6 Å². The van der Waals surface area contributed by atoms with Gasteiger partial charge in [0.15, 0.2) is 0 Å². The van der Waals surface area contributed by atoms with E-state index in [2.05, 4.69) is 16.0 Å². The summed E-state index contributed by atoms with van der Waals surface area (Å²) in [5.74, 6) is 0. The highest BCUT2D eigenvalue weighted by Gasteiger charge is 2.10. The Hall–Kier alpha value is -0.670. The standard InChI is InChI=1S/C8H15N3/c1-11(7-5-9)8-4-2-3-6-10-8/h2-3,6,8H,4-5,7,9H2,1H3. The molecule has 0 aliphatic carbocycles. The number of hydrogen-bond donors (Lipinski definition) is 1. The van der Waals surface area contributed by atoms with Crippen LogP contribution in [0, 0.1) is 0 Å². The summed E-state index contributed by atoms with van der Waals surface area (Å²) in [5, 5.41) is 0. The van der Waals surface area contributed by atoms with Crippen molar-refractivity contribution in [1.29, 1.82) is 0 Å². The maximum Gasteiger partial charge on any atom is 0.105 e. The van der Waals surface area contributed by atoms with Crippen LogP contribution in [-0.2, 0) is 0 Å². The van der Waals surface area contributed by atoms with Crippen molar-refractivity contribution >= 4 is 6.21 Å². The molecule has 3 heteroatoms. The average molecular weight is 153 g/mol. The van der Waals surface area contributed by atoms with Crippen LogP contribution >= 0.6 is 0 Å². The van der Waals surface area contributed by atoms with Crippen molar-refractivity contribution in [2.45, 2.75) is 12.6 Å². The van der Waals surface area contributed by atoms with Crippen molar-refractivity contribution in [3.8, 4) is 0 Å². The van der Waals surface area contributed by atoms with Crippen molar-refractivity contribution in [3.05, 3.63) is 12.2 Å². The molecule has 0 radical (unpaired) electrons. The zero-order chi connectivity index (χ0) is 8.10. The fourth-order valence-corrected chi connectivity index (χ4v) is 1.12. The van der Waals surface area contributed by atoms with Crippen LogP contribution in [0.3, 0.4) is 0 Å². The molecule has 1 unspecified atom stereocenters. The largest absolute Gasteiger partial charge is 0.329 e. The third-order valence-electron chi connectivity index (χ3n) is 1.82. The van der Waals surface area contributed by atoms with Crippen LogP contribution in [0.5, 0.6) is 0 Å². The van der Waals surface area contributed by atoms with Gasteiger partial charge in [-0.05, 0) is 13.1 Å². The van der Waals surface area contributed by atoms with Crippen molar-refractivity contribution in [2.75, 3.05) is 20.1 Å². The van der Waals surface area contributed by atoms with Crippen molar-refractivity contribution in [1.82, 2.24) is 4.90 Å². The Balaban J connectivity index is 2.35. The lowest BCUT2D eigenvalue weighted by Gasteiger charge is -2.23. The molecule has 11 heavy (non-hydrogen) atoms. The van der Waals surface area contributed by atoms with Crippen LogP contribution in [0.25, 0.3) is 0 Å². The second kappa shape index (κ2) is 4.26. The number of nitrogens with zero attached hydrogens (tertiary/aromatic N) is 2. The Kier molecular flexibility index (Phi) is 3.26. The van der Waals surface area contributed by atoms with Crippen LogP contribution < -0.4 is 5.73 Å². The summed E-state index contributed by atoms with van der Waals surface area (Å²) >= 11 is 0. The van der Waals surface area contributed by atoms with Gasteiger partial charge in [0.05, 0.1) is 0 Å². The fraction of sp³-hybridized carbons (Fsp3) is 0.625. The molecule has 62 valence electrons. The van der Waals surface area contributed by atoms with Gasteiger partial charge in [-0.3, -0.25) is 9.89 Å². The van der Waals surface area contributed by atoms with E-state index in [0.717, 1.165) is 13.0 Å². The van der Waals surface area contributed by atoms with Crippen LogP contribution in [0.1, 0.15) is 6.42 Å². The number of nitrogens with two attached hydrogens (primary N) is 1.